The standard InChI is InChI=1S/C22H32FN5/c1-14(2)22-26-25-15(3)28(22)20-12-18-7-8-19(13-20)27(18)10-9-21(24)16-5-4-6-17(23)11-16/h4-6,11,14,18-21H,7-10,12-13,24H2,1-3H3. The van der Waals surface area contributed by atoms with Crippen LogP contribution in [0, 0.1) is 12.7 Å². The second-order valence-electron chi connectivity index (χ2n) is 8.83. The Morgan fingerprint density at radius 2 is 1.86 bits per heavy atom. The van der Waals surface area contributed by atoms with Gasteiger partial charge in [-0.2, -0.15) is 0 Å². The van der Waals surface area contributed by atoms with E-state index in [1.807, 2.05) is 6.07 Å². The van der Waals surface area contributed by atoms with E-state index in [0.717, 1.165) is 43.0 Å². The van der Waals surface area contributed by atoms with Crippen molar-refractivity contribution in [2.45, 2.75) is 83.0 Å². The number of piperidine rings is 1. The van der Waals surface area contributed by atoms with Gasteiger partial charge >= 0.3 is 0 Å². The van der Waals surface area contributed by atoms with Crippen molar-refractivity contribution < 1.29 is 4.39 Å². The second kappa shape index (κ2) is 7.91. The highest BCUT2D eigenvalue weighted by Gasteiger charge is 2.42. The van der Waals surface area contributed by atoms with E-state index in [2.05, 4.69) is 40.4 Å². The summed E-state index contributed by atoms with van der Waals surface area (Å²) in [6.07, 6.45) is 5.70. The van der Waals surface area contributed by atoms with Crippen LogP contribution in [-0.2, 0) is 0 Å². The number of fused-ring (bicyclic) bond motifs is 2. The number of aromatic nitrogens is 3. The fraction of sp³-hybridized carbons (Fsp3) is 0.636. The van der Waals surface area contributed by atoms with Crippen molar-refractivity contribution in [3.63, 3.8) is 0 Å². The summed E-state index contributed by atoms with van der Waals surface area (Å²) in [4.78, 5) is 2.66. The summed E-state index contributed by atoms with van der Waals surface area (Å²) >= 11 is 0. The number of hydrogen-bond acceptors (Lipinski definition) is 4. The molecule has 3 unspecified atom stereocenters. The van der Waals surface area contributed by atoms with Gasteiger partial charge in [-0.25, -0.2) is 4.39 Å². The lowest BCUT2D eigenvalue weighted by atomic mass is 9.95. The zero-order chi connectivity index (χ0) is 19.8. The molecule has 2 aliphatic heterocycles. The van der Waals surface area contributed by atoms with Crippen LogP contribution in [0.15, 0.2) is 24.3 Å². The van der Waals surface area contributed by atoms with E-state index in [1.165, 1.54) is 18.9 Å². The molecule has 0 aliphatic carbocycles. The molecule has 2 bridgehead atoms. The number of rotatable bonds is 6. The Labute approximate surface area is 167 Å². The van der Waals surface area contributed by atoms with Crippen LogP contribution < -0.4 is 5.73 Å². The number of halogens is 1. The van der Waals surface area contributed by atoms with Crippen molar-refractivity contribution in [1.29, 1.82) is 0 Å². The van der Waals surface area contributed by atoms with Crippen molar-refractivity contribution in [2.24, 2.45) is 5.73 Å². The molecule has 152 valence electrons. The molecule has 1 aromatic heterocycles. The summed E-state index contributed by atoms with van der Waals surface area (Å²) in [6, 6.07) is 8.30. The summed E-state index contributed by atoms with van der Waals surface area (Å²) in [6.45, 7) is 7.44. The molecular weight excluding hydrogens is 353 g/mol. The van der Waals surface area contributed by atoms with Crippen LogP contribution in [0.25, 0.3) is 0 Å². The lowest BCUT2D eigenvalue weighted by Crippen LogP contribution is -2.44. The molecule has 2 N–H and O–H groups in total. The molecule has 28 heavy (non-hydrogen) atoms. The number of hydrogen-bond donors (Lipinski definition) is 1. The van der Waals surface area contributed by atoms with Crippen molar-refractivity contribution in [3.05, 3.63) is 47.3 Å². The number of aryl methyl sites for hydroxylation is 1. The highest BCUT2D eigenvalue weighted by Crippen LogP contribution is 2.42. The molecule has 0 spiro atoms. The fourth-order valence-corrected chi connectivity index (χ4v) is 5.24. The summed E-state index contributed by atoms with van der Waals surface area (Å²) in [5.74, 6) is 2.33. The minimum absolute atomic E-state index is 0.111. The summed E-state index contributed by atoms with van der Waals surface area (Å²) in [5.41, 5.74) is 7.25. The van der Waals surface area contributed by atoms with Crippen LogP contribution in [-0.4, -0.2) is 38.3 Å². The van der Waals surface area contributed by atoms with E-state index in [-0.39, 0.29) is 11.9 Å². The average molecular weight is 386 g/mol. The SMILES string of the molecule is Cc1nnc(C(C)C)n1C1CC2CCC(C1)N2CCC(N)c1cccc(F)c1. The summed E-state index contributed by atoms with van der Waals surface area (Å²) in [5, 5.41) is 8.79. The van der Waals surface area contributed by atoms with Gasteiger partial charge in [0.15, 0.2) is 0 Å². The quantitative estimate of drug-likeness (QED) is 0.813. The van der Waals surface area contributed by atoms with Gasteiger partial charge in [-0.15, -0.1) is 10.2 Å². The topological polar surface area (TPSA) is 60.0 Å². The molecule has 0 saturated carbocycles. The maximum atomic E-state index is 13.5. The fourth-order valence-electron chi connectivity index (χ4n) is 5.24. The van der Waals surface area contributed by atoms with Crippen molar-refractivity contribution >= 4 is 0 Å². The van der Waals surface area contributed by atoms with Crippen LogP contribution in [0.3, 0.4) is 0 Å². The smallest absolute Gasteiger partial charge is 0.135 e. The van der Waals surface area contributed by atoms with E-state index in [0.29, 0.717) is 24.0 Å². The van der Waals surface area contributed by atoms with E-state index in [1.54, 1.807) is 12.1 Å². The molecule has 2 aliphatic rings. The zero-order valence-corrected chi connectivity index (χ0v) is 17.2. The molecule has 5 nitrogen and oxygen atoms in total. The van der Waals surface area contributed by atoms with E-state index < -0.39 is 0 Å². The third-order valence-corrected chi connectivity index (χ3v) is 6.61. The first-order chi connectivity index (χ1) is 13.4. The van der Waals surface area contributed by atoms with Gasteiger partial charge in [0.05, 0.1) is 0 Å². The largest absolute Gasteiger partial charge is 0.324 e. The maximum absolute atomic E-state index is 13.5. The monoisotopic (exact) mass is 385 g/mol. The lowest BCUT2D eigenvalue weighted by Gasteiger charge is -2.40. The Hall–Kier alpha value is -1.79. The Balaban J connectivity index is 1.41. The third kappa shape index (κ3) is 3.72. The Kier molecular flexibility index (Phi) is 5.52. The van der Waals surface area contributed by atoms with Crippen LogP contribution in [0.4, 0.5) is 4.39 Å². The first kappa shape index (κ1) is 19.5. The van der Waals surface area contributed by atoms with E-state index >= 15 is 0 Å². The molecule has 2 fully saturated rings. The van der Waals surface area contributed by atoms with Gasteiger partial charge in [0.1, 0.15) is 17.5 Å². The first-order valence-electron chi connectivity index (χ1n) is 10.6. The van der Waals surface area contributed by atoms with Crippen molar-refractivity contribution in [1.82, 2.24) is 19.7 Å². The molecule has 3 heterocycles. The second-order valence-corrected chi connectivity index (χ2v) is 8.83. The molecular formula is C22H32FN5. The third-order valence-electron chi connectivity index (χ3n) is 6.61. The molecule has 0 amide bonds. The Morgan fingerprint density at radius 3 is 2.50 bits per heavy atom. The predicted octanol–water partition coefficient (Wildman–Crippen LogP) is 4.11. The summed E-state index contributed by atoms with van der Waals surface area (Å²) in [7, 11) is 0. The normalized spacial score (nSPS) is 26.1. The highest BCUT2D eigenvalue weighted by atomic mass is 19.1. The first-order valence-corrected chi connectivity index (χ1v) is 10.6. The molecule has 2 aromatic rings. The van der Waals surface area contributed by atoms with Crippen molar-refractivity contribution in [3.8, 4) is 0 Å². The molecule has 0 radical (unpaired) electrons. The van der Waals surface area contributed by atoms with E-state index in [4.69, 9.17) is 5.73 Å². The van der Waals surface area contributed by atoms with Crippen LogP contribution in [0.5, 0.6) is 0 Å². The van der Waals surface area contributed by atoms with Gasteiger partial charge in [0.2, 0.25) is 0 Å². The number of nitrogens with zero attached hydrogens (tertiary/aromatic N) is 4. The molecule has 6 heteroatoms. The molecule has 1 aromatic carbocycles. The maximum Gasteiger partial charge on any atom is 0.135 e. The molecule has 3 atom stereocenters. The average Bonchev–Trinajstić information content (AvgIpc) is 3.16. The van der Waals surface area contributed by atoms with Gasteiger partial charge in [-0.05, 0) is 56.7 Å². The minimum Gasteiger partial charge on any atom is -0.324 e. The van der Waals surface area contributed by atoms with Gasteiger partial charge in [0, 0.05) is 36.6 Å². The summed E-state index contributed by atoms with van der Waals surface area (Å²) < 4.78 is 15.9. The van der Waals surface area contributed by atoms with Crippen molar-refractivity contribution in [2.75, 3.05) is 6.54 Å². The molecule has 2 saturated heterocycles. The molecule has 4 rings (SSSR count). The Morgan fingerprint density at radius 1 is 1.14 bits per heavy atom. The number of nitrogens with two attached hydrogens (primary N) is 1. The highest BCUT2D eigenvalue weighted by molar-refractivity contribution is 5.19. The lowest BCUT2D eigenvalue weighted by molar-refractivity contribution is 0.101. The van der Waals surface area contributed by atoms with Gasteiger partial charge in [-0.1, -0.05) is 26.0 Å². The van der Waals surface area contributed by atoms with Crippen LogP contribution in [0.1, 0.15) is 81.2 Å². The Bertz CT molecular complexity index is 803. The van der Waals surface area contributed by atoms with Crippen LogP contribution in [0.2, 0.25) is 0 Å². The van der Waals surface area contributed by atoms with Gasteiger partial charge in [0.25, 0.3) is 0 Å². The number of benzene rings is 1. The zero-order valence-electron chi connectivity index (χ0n) is 17.2. The minimum atomic E-state index is -0.209. The predicted molar refractivity (Wildman–Crippen MR) is 109 cm³/mol. The van der Waals surface area contributed by atoms with Crippen LogP contribution >= 0.6 is 0 Å². The van der Waals surface area contributed by atoms with E-state index in [9.17, 15) is 4.39 Å². The van der Waals surface area contributed by atoms with Gasteiger partial charge < -0.3 is 10.3 Å². The van der Waals surface area contributed by atoms with Gasteiger partial charge in [-0.3, -0.25) is 4.90 Å².